The number of nitrogens with one attached hydrogen (secondary N) is 1. The number of pyridine rings is 1. The first kappa shape index (κ1) is 11.0. The summed E-state index contributed by atoms with van der Waals surface area (Å²) in [6, 6.07) is 4.83. The van der Waals surface area contributed by atoms with E-state index in [1.54, 1.807) is 0 Å². The van der Waals surface area contributed by atoms with Crippen molar-refractivity contribution in [2.45, 2.75) is 37.1 Å². The molecule has 0 amide bonds. The largest absolute Gasteiger partial charge is 0.310 e. The van der Waals surface area contributed by atoms with Gasteiger partial charge in [-0.05, 0) is 37.1 Å². The van der Waals surface area contributed by atoms with Gasteiger partial charge in [0.25, 0.3) is 0 Å². The molecule has 1 aromatic heterocycles. The topological polar surface area (TPSA) is 24.9 Å². The van der Waals surface area contributed by atoms with Gasteiger partial charge in [-0.2, -0.15) is 11.8 Å². The number of aromatic nitrogens is 1. The lowest BCUT2D eigenvalue weighted by Gasteiger charge is -2.12. The van der Waals surface area contributed by atoms with Crippen molar-refractivity contribution in [1.29, 1.82) is 0 Å². The molecule has 0 aliphatic heterocycles. The number of hydrogen-bond acceptors (Lipinski definition) is 3. The maximum absolute atomic E-state index is 4.12. The fourth-order valence-corrected chi connectivity index (χ4v) is 2.90. The molecule has 1 N–H and O–H groups in total. The summed E-state index contributed by atoms with van der Waals surface area (Å²) in [6.45, 7) is 0.958. The van der Waals surface area contributed by atoms with Gasteiger partial charge in [-0.1, -0.05) is 6.07 Å². The third kappa shape index (κ3) is 3.21. The van der Waals surface area contributed by atoms with Crippen LogP contribution in [0.2, 0.25) is 0 Å². The Morgan fingerprint density at radius 1 is 1.53 bits per heavy atom. The van der Waals surface area contributed by atoms with Crippen molar-refractivity contribution in [3.63, 3.8) is 0 Å². The van der Waals surface area contributed by atoms with Gasteiger partial charge in [-0.3, -0.25) is 4.98 Å². The molecule has 82 valence electrons. The molecule has 1 aliphatic carbocycles. The fraction of sp³-hybridized carbons (Fsp3) is 0.583. The van der Waals surface area contributed by atoms with E-state index >= 15 is 0 Å². The first-order valence-electron chi connectivity index (χ1n) is 5.53. The summed E-state index contributed by atoms with van der Waals surface area (Å²) in [6.07, 6.45) is 9.99. The zero-order chi connectivity index (χ0) is 10.5. The quantitative estimate of drug-likeness (QED) is 0.847. The Labute approximate surface area is 95.9 Å². The zero-order valence-corrected chi connectivity index (χ0v) is 9.96. The van der Waals surface area contributed by atoms with E-state index in [9.17, 15) is 0 Å². The van der Waals surface area contributed by atoms with Crippen molar-refractivity contribution in [3.8, 4) is 0 Å². The molecule has 2 atom stereocenters. The van der Waals surface area contributed by atoms with Crippen molar-refractivity contribution >= 4 is 11.8 Å². The van der Waals surface area contributed by atoms with Gasteiger partial charge in [0, 0.05) is 30.2 Å². The van der Waals surface area contributed by atoms with Gasteiger partial charge in [-0.15, -0.1) is 0 Å². The molecule has 1 heterocycles. The minimum atomic E-state index is 0.711. The van der Waals surface area contributed by atoms with E-state index in [4.69, 9.17) is 0 Å². The molecule has 0 aromatic carbocycles. The Hall–Kier alpha value is -0.540. The van der Waals surface area contributed by atoms with Gasteiger partial charge in [0.15, 0.2) is 0 Å². The summed E-state index contributed by atoms with van der Waals surface area (Å²) in [7, 11) is 0. The highest BCUT2D eigenvalue weighted by molar-refractivity contribution is 7.99. The van der Waals surface area contributed by atoms with Crippen LogP contribution in [0.5, 0.6) is 0 Å². The second-order valence-corrected chi connectivity index (χ2v) is 5.25. The first-order chi connectivity index (χ1) is 7.38. The van der Waals surface area contributed by atoms with E-state index in [0.29, 0.717) is 6.04 Å². The number of nitrogens with zero attached hydrogens (tertiary/aromatic N) is 1. The van der Waals surface area contributed by atoms with Crippen molar-refractivity contribution in [3.05, 3.63) is 30.1 Å². The Kier molecular flexibility index (Phi) is 4.03. The fourth-order valence-electron chi connectivity index (χ4n) is 2.10. The van der Waals surface area contributed by atoms with E-state index in [1.165, 1.54) is 24.8 Å². The lowest BCUT2D eigenvalue weighted by Crippen LogP contribution is -2.26. The Balaban J connectivity index is 1.75. The van der Waals surface area contributed by atoms with Crippen molar-refractivity contribution in [1.82, 2.24) is 10.3 Å². The molecule has 15 heavy (non-hydrogen) atoms. The highest BCUT2D eigenvalue weighted by Crippen LogP contribution is 2.28. The van der Waals surface area contributed by atoms with E-state index in [2.05, 4.69) is 22.6 Å². The Morgan fingerprint density at radius 3 is 3.13 bits per heavy atom. The molecule has 0 radical (unpaired) electrons. The first-order valence-corrected chi connectivity index (χ1v) is 6.82. The predicted molar refractivity (Wildman–Crippen MR) is 66.0 cm³/mol. The van der Waals surface area contributed by atoms with Gasteiger partial charge in [0.1, 0.15) is 0 Å². The van der Waals surface area contributed by atoms with E-state index in [-0.39, 0.29) is 0 Å². The van der Waals surface area contributed by atoms with Crippen LogP contribution in [-0.4, -0.2) is 22.5 Å². The van der Waals surface area contributed by atoms with Crippen LogP contribution < -0.4 is 5.32 Å². The molecule has 3 heteroatoms. The lowest BCUT2D eigenvalue weighted by atomic mass is 10.2. The number of hydrogen-bond donors (Lipinski definition) is 1. The SMILES string of the molecule is CSC1CCC(NCc2cccnc2)C1. The molecule has 1 fully saturated rings. The van der Waals surface area contributed by atoms with Crippen molar-refractivity contribution < 1.29 is 0 Å². The summed E-state index contributed by atoms with van der Waals surface area (Å²) in [5.41, 5.74) is 1.28. The molecular formula is C12H18N2S. The van der Waals surface area contributed by atoms with Gasteiger partial charge in [-0.25, -0.2) is 0 Å². The Bertz CT molecular complexity index is 289. The lowest BCUT2D eigenvalue weighted by molar-refractivity contribution is 0.524. The van der Waals surface area contributed by atoms with Crippen LogP contribution in [0, 0.1) is 0 Å². The zero-order valence-electron chi connectivity index (χ0n) is 9.15. The van der Waals surface area contributed by atoms with Crippen molar-refractivity contribution in [2.24, 2.45) is 0 Å². The maximum Gasteiger partial charge on any atom is 0.0312 e. The highest BCUT2D eigenvalue weighted by atomic mass is 32.2. The molecule has 2 rings (SSSR count). The average molecular weight is 222 g/mol. The molecular weight excluding hydrogens is 204 g/mol. The molecule has 1 saturated carbocycles. The van der Waals surface area contributed by atoms with E-state index in [0.717, 1.165) is 11.8 Å². The predicted octanol–water partition coefficient (Wildman–Crippen LogP) is 2.46. The summed E-state index contributed by atoms with van der Waals surface area (Å²) in [5.74, 6) is 0. The highest BCUT2D eigenvalue weighted by Gasteiger charge is 2.22. The van der Waals surface area contributed by atoms with Crippen LogP contribution in [0.25, 0.3) is 0 Å². The summed E-state index contributed by atoms with van der Waals surface area (Å²) in [5, 5.41) is 4.48. The molecule has 0 bridgehead atoms. The molecule has 0 saturated heterocycles. The third-order valence-corrected chi connectivity index (χ3v) is 4.13. The second kappa shape index (κ2) is 5.52. The van der Waals surface area contributed by atoms with Gasteiger partial charge in [0.05, 0.1) is 0 Å². The number of rotatable bonds is 4. The van der Waals surface area contributed by atoms with Gasteiger partial charge >= 0.3 is 0 Å². The average Bonchev–Trinajstić information content (AvgIpc) is 2.76. The van der Waals surface area contributed by atoms with E-state index in [1.807, 2.05) is 30.2 Å². The normalized spacial score (nSPS) is 25.7. The summed E-state index contributed by atoms with van der Waals surface area (Å²) in [4.78, 5) is 4.12. The smallest absolute Gasteiger partial charge is 0.0312 e. The van der Waals surface area contributed by atoms with Crippen LogP contribution in [0.4, 0.5) is 0 Å². The van der Waals surface area contributed by atoms with Crippen LogP contribution in [0.3, 0.4) is 0 Å². The molecule has 1 aromatic rings. The minimum Gasteiger partial charge on any atom is -0.310 e. The van der Waals surface area contributed by atoms with Crippen molar-refractivity contribution in [2.75, 3.05) is 6.26 Å². The van der Waals surface area contributed by atoms with Crippen LogP contribution >= 0.6 is 11.8 Å². The van der Waals surface area contributed by atoms with Crippen LogP contribution in [0.1, 0.15) is 24.8 Å². The monoisotopic (exact) mass is 222 g/mol. The summed E-state index contributed by atoms with van der Waals surface area (Å²) < 4.78 is 0. The van der Waals surface area contributed by atoms with Gasteiger partial charge in [0.2, 0.25) is 0 Å². The standard InChI is InChI=1S/C12H18N2S/c1-15-12-5-4-11(7-12)14-9-10-3-2-6-13-8-10/h2-3,6,8,11-12,14H,4-5,7,9H2,1H3. The summed E-state index contributed by atoms with van der Waals surface area (Å²) >= 11 is 2.01. The molecule has 0 spiro atoms. The Morgan fingerprint density at radius 2 is 2.47 bits per heavy atom. The third-order valence-electron chi connectivity index (χ3n) is 3.04. The minimum absolute atomic E-state index is 0.711. The number of thioether (sulfide) groups is 1. The molecule has 2 unspecified atom stereocenters. The molecule has 1 aliphatic rings. The molecule has 2 nitrogen and oxygen atoms in total. The van der Waals surface area contributed by atoms with E-state index < -0.39 is 0 Å². The van der Waals surface area contributed by atoms with Crippen LogP contribution in [0.15, 0.2) is 24.5 Å². The van der Waals surface area contributed by atoms with Gasteiger partial charge < -0.3 is 5.32 Å². The second-order valence-electron chi connectivity index (χ2n) is 4.11. The maximum atomic E-state index is 4.12. The van der Waals surface area contributed by atoms with Crippen LogP contribution in [-0.2, 0) is 6.54 Å².